The number of fused-ring (bicyclic) bond motifs is 1. The fourth-order valence-corrected chi connectivity index (χ4v) is 3.23. The van der Waals surface area contributed by atoms with Gasteiger partial charge < -0.3 is 20.5 Å². The highest BCUT2D eigenvalue weighted by molar-refractivity contribution is 5.85. The molecule has 0 saturated heterocycles. The Bertz CT molecular complexity index is 1220. The molecule has 1 atom stereocenters. The first-order chi connectivity index (χ1) is 16.4. The van der Waals surface area contributed by atoms with E-state index in [9.17, 15) is 4.79 Å². The van der Waals surface area contributed by atoms with E-state index in [1.54, 1.807) is 30.5 Å². The second-order valence-electron chi connectivity index (χ2n) is 8.52. The molecular formula is C25H28N6O3. The van der Waals surface area contributed by atoms with E-state index in [-0.39, 0.29) is 12.5 Å². The van der Waals surface area contributed by atoms with Gasteiger partial charge in [0.05, 0.1) is 18.8 Å². The largest absolute Gasteiger partial charge is 0.473 e. The minimum absolute atomic E-state index is 0.184. The van der Waals surface area contributed by atoms with E-state index in [0.717, 1.165) is 11.1 Å². The van der Waals surface area contributed by atoms with E-state index in [2.05, 4.69) is 20.5 Å². The molecule has 0 aliphatic heterocycles. The number of carbonyl (C=O) groups is 1. The highest BCUT2D eigenvalue weighted by Crippen LogP contribution is 2.17. The standard InChI is InChI=1S/C25H28N6O3/c1-25(2,26)23(32)27-20(17-33-15-18-9-5-3-6-10-18)22-29-30-24-28-21(13-14-31(22)24)34-16-19-11-7-4-8-12-19/h3-14,20H,15-17,26H2,1-2H3,(H,27,32)/t20-/m1/s1. The lowest BCUT2D eigenvalue weighted by atomic mass is 10.1. The van der Waals surface area contributed by atoms with Crippen LogP contribution in [0, 0.1) is 0 Å². The number of hydrogen-bond acceptors (Lipinski definition) is 7. The Kier molecular flexibility index (Phi) is 7.15. The number of nitrogens with one attached hydrogen (secondary N) is 1. The summed E-state index contributed by atoms with van der Waals surface area (Å²) in [7, 11) is 0. The Morgan fingerprint density at radius 2 is 1.65 bits per heavy atom. The van der Waals surface area contributed by atoms with Crippen molar-refractivity contribution in [3.8, 4) is 5.88 Å². The first-order valence-electron chi connectivity index (χ1n) is 11.0. The lowest BCUT2D eigenvalue weighted by Crippen LogP contribution is -2.50. The number of benzene rings is 2. The molecule has 4 aromatic rings. The zero-order valence-electron chi connectivity index (χ0n) is 19.2. The summed E-state index contributed by atoms with van der Waals surface area (Å²) in [5.41, 5.74) is 6.99. The molecule has 34 heavy (non-hydrogen) atoms. The van der Waals surface area contributed by atoms with Gasteiger partial charge in [0.2, 0.25) is 11.8 Å². The lowest BCUT2D eigenvalue weighted by molar-refractivity contribution is -0.126. The number of amides is 1. The third-order valence-electron chi connectivity index (χ3n) is 5.11. The molecule has 9 nitrogen and oxygen atoms in total. The van der Waals surface area contributed by atoms with Crippen molar-refractivity contribution in [2.45, 2.75) is 38.6 Å². The van der Waals surface area contributed by atoms with Crippen LogP contribution in [-0.4, -0.2) is 37.6 Å². The van der Waals surface area contributed by atoms with Gasteiger partial charge in [0.1, 0.15) is 12.6 Å². The van der Waals surface area contributed by atoms with Crippen LogP contribution in [0.2, 0.25) is 0 Å². The van der Waals surface area contributed by atoms with Crippen LogP contribution < -0.4 is 15.8 Å². The van der Waals surface area contributed by atoms with Crippen molar-refractivity contribution in [3.63, 3.8) is 0 Å². The van der Waals surface area contributed by atoms with Gasteiger partial charge in [-0.25, -0.2) is 0 Å². The molecule has 176 valence electrons. The van der Waals surface area contributed by atoms with Crippen LogP contribution in [0.5, 0.6) is 5.88 Å². The molecule has 0 unspecified atom stereocenters. The van der Waals surface area contributed by atoms with E-state index < -0.39 is 11.6 Å². The Morgan fingerprint density at radius 3 is 2.29 bits per heavy atom. The van der Waals surface area contributed by atoms with Crippen molar-refractivity contribution in [1.29, 1.82) is 0 Å². The topological polar surface area (TPSA) is 117 Å². The summed E-state index contributed by atoms with van der Waals surface area (Å²) in [6.45, 7) is 4.26. The number of hydrogen-bond donors (Lipinski definition) is 2. The molecule has 2 aromatic heterocycles. The van der Waals surface area contributed by atoms with Crippen LogP contribution in [-0.2, 0) is 22.7 Å². The Labute approximate surface area is 197 Å². The minimum atomic E-state index is -1.06. The van der Waals surface area contributed by atoms with Gasteiger partial charge in [0.15, 0.2) is 5.82 Å². The minimum Gasteiger partial charge on any atom is -0.473 e. The monoisotopic (exact) mass is 460 g/mol. The van der Waals surface area contributed by atoms with Crippen molar-refractivity contribution in [2.75, 3.05) is 6.61 Å². The second-order valence-corrected chi connectivity index (χ2v) is 8.52. The van der Waals surface area contributed by atoms with E-state index in [1.165, 1.54) is 0 Å². The van der Waals surface area contributed by atoms with Crippen LogP contribution in [0.25, 0.3) is 5.78 Å². The first kappa shape index (κ1) is 23.3. The SMILES string of the molecule is CC(C)(N)C(=O)N[C@H](COCc1ccccc1)c1nnc2nc(OCc3ccccc3)ccn12. The zero-order valence-corrected chi connectivity index (χ0v) is 19.2. The Morgan fingerprint density at radius 1 is 1.00 bits per heavy atom. The van der Waals surface area contributed by atoms with E-state index in [0.29, 0.717) is 30.7 Å². The van der Waals surface area contributed by atoms with Gasteiger partial charge in [0.25, 0.3) is 5.78 Å². The molecule has 0 spiro atoms. The smallest absolute Gasteiger partial charge is 0.258 e. The number of rotatable bonds is 10. The second kappa shape index (κ2) is 10.4. The highest BCUT2D eigenvalue weighted by atomic mass is 16.5. The fraction of sp³-hybridized carbons (Fsp3) is 0.280. The maximum absolute atomic E-state index is 12.6. The van der Waals surface area contributed by atoms with Crippen molar-refractivity contribution in [3.05, 3.63) is 89.9 Å². The summed E-state index contributed by atoms with van der Waals surface area (Å²) in [6.07, 6.45) is 1.77. The van der Waals surface area contributed by atoms with Gasteiger partial charge in [-0.1, -0.05) is 60.7 Å². The molecule has 2 heterocycles. The van der Waals surface area contributed by atoms with Crippen molar-refractivity contribution in [1.82, 2.24) is 24.9 Å². The molecule has 4 rings (SSSR count). The average Bonchev–Trinajstić information content (AvgIpc) is 3.26. The number of carbonyl (C=O) groups excluding carboxylic acids is 1. The quantitative estimate of drug-likeness (QED) is 0.374. The maximum atomic E-state index is 12.6. The Hall–Kier alpha value is -3.82. The fourth-order valence-electron chi connectivity index (χ4n) is 3.23. The average molecular weight is 461 g/mol. The molecular weight excluding hydrogens is 432 g/mol. The van der Waals surface area contributed by atoms with Gasteiger partial charge in [-0.15, -0.1) is 10.2 Å². The molecule has 0 saturated carbocycles. The third-order valence-corrected chi connectivity index (χ3v) is 5.11. The van der Waals surface area contributed by atoms with Gasteiger partial charge in [-0.3, -0.25) is 9.20 Å². The lowest BCUT2D eigenvalue weighted by Gasteiger charge is -2.23. The highest BCUT2D eigenvalue weighted by Gasteiger charge is 2.28. The van der Waals surface area contributed by atoms with Crippen molar-refractivity contribution >= 4 is 11.7 Å². The molecule has 9 heteroatoms. The number of aromatic nitrogens is 4. The number of ether oxygens (including phenoxy) is 2. The molecule has 2 aromatic carbocycles. The Balaban J connectivity index is 1.51. The zero-order chi connectivity index (χ0) is 24.0. The summed E-state index contributed by atoms with van der Waals surface area (Å²) in [5, 5.41) is 11.4. The number of nitrogens with two attached hydrogens (primary N) is 1. The molecule has 0 bridgehead atoms. The van der Waals surface area contributed by atoms with Crippen LogP contribution in [0.4, 0.5) is 0 Å². The van der Waals surface area contributed by atoms with Gasteiger partial charge in [-0.05, 0) is 25.0 Å². The van der Waals surface area contributed by atoms with E-state index in [1.807, 2.05) is 60.7 Å². The van der Waals surface area contributed by atoms with Gasteiger partial charge in [0, 0.05) is 12.3 Å². The molecule has 3 N–H and O–H groups in total. The van der Waals surface area contributed by atoms with E-state index in [4.69, 9.17) is 15.2 Å². The molecule has 1 amide bonds. The summed E-state index contributed by atoms with van der Waals surface area (Å²) < 4.78 is 13.4. The predicted octanol–water partition coefficient (Wildman–Crippen LogP) is 2.81. The summed E-state index contributed by atoms with van der Waals surface area (Å²) in [4.78, 5) is 17.1. The van der Waals surface area contributed by atoms with Crippen molar-refractivity contribution < 1.29 is 14.3 Å². The summed E-state index contributed by atoms with van der Waals surface area (Å²) in [6, 6.07) is 20.8. The van der Waals surface area contributed by atoms with Crippen LogP contribution in [0.1, 0.15) is 36.8 Å². The van der Waals surface area contributed by atoms with Crippen molar-refractivity contribution in [2.24, 2.45) is 5.73 Å². The maximum Gasteiger partial charge on any atom is 0.258 e. The number of nitrogens with zero attached hydrogens (tertiary/aromatic N) is 4. The van der Waals surface area contributed by atoms with Gasteiger partial charge in [-0.2, -0.15) is 4.98 Å². The normalized spacial score (nSPS) is 12.4. The summed E-state index contributed by atoms with van der Waals surface area (Å²) >= 11 is 0. The van der Waals surface area contributed by atoms with Gasteiger partial charge >= 0.3 is 0 Å². The predicted molar refractivity (Wildman–Crippen MR) is 127 cm³/mol. The molecule has 0 radical (unpaired) electrons. The first-order valence-corrected chi connectivity index (χ1v) is 11.0. The molecule has 0 fully saturated rings. The molecule has 0 aliphatic rings. The van der Waals surface area contributed by atoms with Crippen LogP contribution in [0.3, 0.4) is 0 Å². The van der Waals surface area contributed by atoms with E-state index >= 15 is 0 Å². The summed E-state index contributed by atoms with van der Waals surface area (Å²) in [5.74, 6) is 0.949. The molecule has 0 aliphatic carbocycles. The van der Waals surface area contributed by atoms with Crippen LogP contribution in [0.15, 0.2) is 72.9 Å². The third kappa shape index (κ3) is 5.94. The van der Waals surface area contributed by atoms with Crippen LogP contribution >= 0.6 is 0 Å².